The van der Waals surface area contributed by atoms with Crippen LogP contribution < -0.4 is 15.8 Å². The summed E-state index contributed by atoms with van der Waals surface area (Å²) < 4.78 is 0. The summed E-state index contributed by atoms with van der Waals surface area (Å²) in [7, 11) is 0. The minimum absolute atomic E-state index is 0.0120. The van der Waals surface area contributed by atoms with E-state index in [-0.39, 0.29) is 23.0 Å². The molecule has 2 aromatic carbocycles. The first-order chi connectivity index (χ1) is 13.0. The van der Waals surface area contributed by atoms with E-state index in [1.54, 1.807) is 43.3 Å². The fourth-order valence-electron chi connectivity index (χ4n) is 2.41. The lowest BCUT2D eigenvalue weighted by Crippen LogP contribution is -2.49. The molecule has 136 valence electrons. The van der Waals surface area contributed by atoms with E-state index in [9.17, 15) is 19.7 Å². The van der Waals surface area contributed by atoms with E-state index in [4.69, 9.17) is 0 Å². The van der Waals surface area contributed by atoms with Crippen LogP contribution >= 0.6 is 0 Å². The van der Waals surface area contributed by atoms with Crippen molar-refractivity contribution < 1.29 is 14.5 Å². The van der Waals surface area contributed by atoms with Crippen LogP contribution in [-0.4, -0.2) is 22.6 Å². The van der Waals surface area contributed by atoms with Crippen molar-refractivity contribution >= 4 is 29.0 Å². The molecule has 0 aromatic heterocycles. The Morgan fingerprint density at radius 3 is 2.67 bits per heavy atom. The third-order valence-corrected chi connectivity index (χ3v) is 3.66. The highest BCUT2D eigenvalue weighted by atomic mass is 16.6. The molecule has 2 amide bonds. The monoisotopic (exact) mass is 365 g/mol. The first-order valence-electron chi connectivity index (χ1n) is 7.92. The molecule has 1 heterocycles. The van der Waals surface area contributed by atoms with Gasteiger partial charge in [-0.2, -0.15) is 0 Å². The van der Waals surface area contributed by atoms with Crippen molar-refractivity contribution in [3.05, 3.63) is 82.2 Å². The van der Waals surface area contributed by atoms with E-state index in [0.29, 0.717) is 11.4 Å². The van der Waals surface area contributed by atoms with Gasteiger partial charge in [0.15, 0.2) is 0 Å². The predicted octanol–water partition coefficient (Wildman–Crippen LogP) is 2.14. The summed E-state index contributed by atoms with van der Waals surface area (Å²) in [6.07, 6.45) is 1.21. The van der Waals surface area contributed by atoms with Gasteiger partial charge in [-0.3, -0.25) is 25.1 Å². The first-order valence-corrected chi connectivity index (χ1v) is 7.92. The summed E-state index contributed by atoms with van der Waals surface area (Å²) in [6, 6.07) is 14.1. The molecule has 0 aliphatic carbocycles. The van der Waals surface area contributed by atoms with Crippen molar-refractivity contribution in [3.8, 4) is 0 Å². The number of hydrazine groups is 1. The van der Waals surface area contributed by atoms with Gasteiger partial charge in [0, 0.05) is 23.9 Å². The minimum Gasteiger partial charge on any atom is -0.326 e. The Hall–Kier alpha value is -4.01. The number of amides is 2. The normalized spacial score (nSPS) is 15.1. The molecule has 0 atom stereocenters. The van der Waals surface area contributed by atoms with Gasteiger partial charge in [-0.15, -0.1) is 0 Å². The average molecular weight is 365 g/mol. The van der Waals surface area contributed by atoms with Crippen LogP contribution in [0.2, 0.25) is 0 Å². The molecule has 0 bridgehead atoms. The van der Waals surface area contributed by atoms with Gasteiger partial charge in [0.2, 0.25) is 0 Å². The summed E-state index contributed by atoms with van der Waals surface area (Å²) in [6.45, 7) is 1.63. The maximum atomic E-state index is 12.7. The highest BCUT2D eigenvalue weighted by Gasteiger charge is 2.26. The number of nitro benzene ring substituents is 1. The Morgan fingerprint density at radius 2 is 1.96 bits per heavy atom. The van der Waals surface area contributed by atoms with E-state index in [1.807, 2.05) is 0 Å². The summed E-state index contributed by atoms with van der Waals surface area (Å²) >= 11 is 0. The highest BCUT2D eigenvalue weighted by Crippen LogP contribution is 2.23. The molecule has 1 aliphatic heterocycles. The molecule has 9 heteroatoms. The quantitative estimate of drug-likeness (QED) is 0.489. The zero-order valence-electron chi connectivity index (χ0n) is 14.2. The molecule has 3 rings (SSSR count). The number of nitrogens with one attached hydrogen (secondary N) is 2. The molecular formula is C18H15N5O4. The number of non-ortho nitro benzene ring substituents is 1. The summed E-state index contributed by atoms with van der Waals surface area (Å²) in [4.78, 5) is 39.3. The predicted molar refractivity (Wildman–Crippen MR) is 98.8 cm³/mol. The molecule has 0 saturated carbocycles. The Morgan fingerprint density at radius 1 is 1.22 bits per heavy atom. The number of nitro groups is 1. The van der Waals surface area contributed by atoms with Crippen molar-refractivity contribution in [2.24, 2.45) is 4.99 Å². The second-order valence-electron chi connectivity index (χ2n) is 5.60. The summed E-state index contributed by atoms with van der Waals surface area (Å²) in [5.74, 6) is -0.556. The number of anilines is 1. The van der Waals surface area contributed by atoms with E-state index in [0.717, 1.165) is 5.01 Å². The average Bonchev–Trinajstić information content (AvgIpc) is 2.68. The number of rotatable bonds is 4. The Bertz CT molecular complexity index is 969. The number of carbonyl (C=O) groups excluding carboxylic acids is 2. The van der Waals surface area contributed by atoms with Crippen LogP contribution in [0.1, 0.15) is 17.3 Å². The van der Waals surface area contributed by atoms with Crippen molar-refractivity contribution in [2.75, 3.05) is 5.01 Å². The maximum absolute atomic E-state index is 12.7. The van der Waals surface area contributed by atoms with Crippen LogP contribution in [0.4, 0.5) is 11.4 Å². The number of carbonyl (C=O) groups is 2. The SMILES string of the molecule is CC1=NC(=CNC(=O)c2ccccc2)C(=O)N(c2cccc([N+](=O)[O-])c2)N1. The second-order valence-corrected chi connectivity index (χ2v) is 5.60. The number of nitrogens with zero attached hydrogens (tertiary/aromatic N) is 3. The topological polar surface area (TPSA) is 117 Å². The van der Waals surface area contributed by atoms with Crippen LogP contribution in [0.5, 0.6) is 0 Å². The van der Waals surface area contributed by atoms with E-state index < -0.39 is 10.8 Å². The Balaban J connectivity index is 1.84. The fraction of sp³-hybridized carbons (Fsp3) is 0.0556. The molecule has 1 aliphatic rings. The van der Waals surface area contributed by atoms with E-state index in [2.05, 4.69) is 15.7 Å². The van der Waals surface area contributed by atoms with Gasteiger partial charge in [0.05, 0.1) is 10.6 Å². The lowest BCUT2D eigenvalue weighted by atomic mass is 10.2. The maximum Gasteiger partial charge on any atom is 0.297 e. The minimum atomic E-state index is -0.561. The van der Waals surface area contributed by atoms with Gasteiger partial charge >= 0.3 is 0 Å². The number of hydrogen-bond acceptors (Lipinski definition) is 6. The van der Waals surface area contributed by atoms with Crippen molar-refractivity contribution in [1.82, 2.24) is 10.7 Å². The van der Waals surface area contributed by atoms with E-state index >= 15 is 0 Å². The second kappa shape index (κ2) is 7.48. The Labute approximate surface area is 154 Å². The first kappa shape index (κ1) is 17.8. The van der Waals surface area contributed by atoms with Gasteiger partial charge < -0.3 is 5.32 Å². The van der Waals surface area contributed by atoms with Crippen LogP contribution in [0, 0.1) is 10.1 Å². The van der Waals surface area contributed by atoms with Gasteiger partial charge in [-0.25, -0.2) is 10.0 Å². The third kappa shape index (κ3) is 3.98. The molecule has 27 heavy (non-hydrogen) atoms. The number of aliphatic imine (C=N–C) groups is 1. The molecule has 9 nitrogen and oxygen atoms in total. The van der Waals surface area contributed by atoms with Crippen molar-refractivity contribution in [1.29, 1.82) is 0 Å². The van der Waals surface area contributed by atoms with Crippen molar-refractivity contribution in [2.45, 2.75) is 6.92 Å². The van der Waals surface area contributed by atoms with Gasteiger partial charge in [0.1, 0.15) is 11.5 Å². The summed E-state index contributed by atoms with van der Waals surface area (Å²) in [5.41, 5.74) is 3.31. The number of hydrogen-bond donors (Lipinski definition) is 2. The van der Waals surface area contributed by atoms with Crippen LogP contribution in [-0.2, 0) is 4.79 Å². The lowest BCUT2D eigenvalue weighted by Gasteiger charge is -2.27. The standard InChI is InChI=1S/C18H15N5O4/c1-12-20-16(11-19-17(24)13-6-3-2-4-7-13)18(25)22(21-12)14-8-5-9-15(10-14)23(26)27/h2-11H,1H3,(H,19,24)(H,20,21). The van der Waals surface area contributed by atoms with Crippen LogP contribution in [0.15, 0.2) is 71.5 Å². The molecule has 0 spiro atoms. The van der Waals surface area contributed by atoms with Gasteiger partial charge in [-0.05, 0) is 25.1 Å². The van der Waals surface area contributed by atoms with E-state index in [1.165, 1.54) is 24.4 Å². The zero-order valence-corrected chi connectivity index (χ0v) is 14.2. The lowest BCUT2D eigenvalue weighted by molar-refractivity contribution is -0.384. The molecule has 2 aromatic rings. The van der Waals surface area contributed by atoms with Crippen LogP contribution in [0.3, 0.4) is 0 Å². The molecule has 0 unspecified atom stereocenters. The van der Waals surface area contributed by atoms with Crippen LogP contribution in [0.25, 0.3) is 0 Å². The zero-order chi connectivity index (χ0) is 19.4. The van der Waals surface area contributed by atoms with Gasteiger partial charge in [0.25, 0.3) is 17.5 Å². The fourth-order valence-corrected chi connectivity index (χ4v) is 2.41. The molecular weight excluding hydrogens is 350 g/mol. The number of amidine groups is 1. The largest absolute Gasteiger partial charge is 0.326 e. The van der Waals surface area contributed by atoms with Gasteiger partial charge in [-0.1, -0.05) is 24.3 Å². The summed E-state index contributed by atoms with van der Waals surface area (Å²) in [5, 5.41) is 14.6. The molecule has 0 radical (unpaired) electrons. The number of benzene rings is 2. The molecule has 0 saturated heterocycles. The smallest absolute Gasteiger partial charge is 0.297 e. The highest BCUT2D eigenvalue weighted by molar-refractivity contribution is 6.11. The molecule has 2 N–H and O–H groups in total. The van der Waals surface area contributed by atoms with Crippen molar-refractivity contribution in [3.63, 3.8) is 0 Å². The molecule has 0 fully saturated rings. The third-order valence-electron chi connectivity index (χ3n) is 3.66. The Kier molecular flexibility index (Phi) is 4.93.